The van der Waals surface area contributed by atoms with Gasteiger partial charge in [0.15, 0.2) is 6.61 Å². The maximum Gasteiger partial charge on any atom is 0.308 e. The number of nitrogens with zero attached hydrogens (tertiary/aromatic N) is 1. The van der Waals surface area contributed by atoms with E-state index in [-0.39, 0.29) is 30.4 Å². The number of piperidine rings is 1. The van der Waals surface area contributed by atoms with E-state index in [0.717, 1.165) is 12.8 Å². The van der Waals surface area contributed by atoms with Gasteiger partial charge in [0.25, 0.3) is 5.91 Å². The number of rotatable bonds is 6. The molecular formula is C20H26N2O5. The van der Waals surface area contributed by atoms with Crippen molar-refractivity contribution in [1.82, 2.24) is 10.2 Å². The van der Waals surface area contributed by atoms with Crippen LogP contribution in [0.1, 0.15) is 32.1 Å². The maximum absolute atomic E-state index is 12.6. The average Bonchev–Trinajstić information content (AvgIpc) is 3.15. The lowest BCUT2D eigenvalue weighted by Gasteiger charge is -2.33. The Morgan fingerprint density at radius 2 is 1.89 bits per heavy atom. The zero-order valence-corrected chi connectivity index (χ0v) is 15.3. The number of para-hydroxylation sites is 1. The van der Waals surface area contributed by atoms with Crippen molar-refractivity contribution in [2.45, 2.75) is 38.1 Å². The van der Waals surface area contributed by atoms with Crippen molar-refractivity contribution < 1.29 is 24.2 Å². The molecule has 7 nitrogen and oxygen atoms in total. The molecule has 1 aliphatic heterocycles. The summed E-state index contributed by atoms with van der Waals surface area (Å²) in [5.74, 6) is -1.30. The molecule has 2 N–H and O–H groups in total. The molecule has 2 aliphatic rings. The molecule has 1 aromatic rings. The number of hydrogen-bond donors (Lipinski definition) is 2. The van der Waals surface area contributed by atoms with Crippen molar-refractivity contribution in [3.05, 3.63) is 30.3 Å². The number of benzene rings is 1. The molecule has 1 saturated heterocycles. The van der Waals surface area contributed by atoms with E-state index in [9.17, 15) is 19.5 Å². The number of amides is 2. The van der Waals surface area contributed by atoms with E-state index in [1.54, 1.807) is 17.0 Å². The van der Waals surface area contributed by atoms with Crippen molar-refractivity contribution in [3.8, 4) is 5.75 Å². The van der Waals surface area contributed by atoms with Crippen LogP contribution in [0.2, 0.25) is 0 Å². The summed E-state index contributed by atoms with van der Waals surface area (Å²) in [5.41, 5.74) is 0. The molecule has 0 radical (unpaired) electrons. The van der Waals surface area contributed by atoms with Crippen molar-refractivity contribution in [1.29, 1.82) is 0 Å². The van der Waals surface area contributed by atoms with Crippen LogP contribution in [-0.2, 0) is 14.4 Å². The van der Waals surface area contributed by atoms with Crippen LogP contribution < -0.4 is 10.1 Å². The minimum atomic E-state index is -0.851. The summed E-state index contributed by atoms with van der Waals surface area (Å²) in [6.45, 7) is 0.914. The molecule has 0 spiro atoms. The Hall–Kier alpha value is -2.57. The van der Waals surface area contributed by atoms with Crippen molar-refractivity contribution >= 4 is 17.8 Å². The number of carboxylic acids is 1. The normalized spacial score (nSPS) is 25.0. The number of ether oxygens (including phenoxy) is 1. The Kier molecular flexibility index (Phi) is 6.32. The van der Waals surface area contributed by atoms with E-state index in [1.807, 2.05) is 18.2 Å². The molecule has 1 aromatic carbocycles. The first-order valence-corrected chi connectivity index (χ1v) is 9.53. The van der Waals surface area contributed by atoms with Gasteiger partial charge in [0.2, 0.25) is 5.91 Å². The second kappa shape index (κ2) is 8.88. The van der Waals surface area contributed by atoms with Crippen LogP contribution in [0.15, 0.2) is 30.3 Å². The maximum atomic E-state index is 12.6. The zero-order chi connectivity index (χ0) is 19.2. The smallest absolute Gasteiger partial charge is 0.308 e. The van der Waals surface area contributed by atoms with Gasteiger partial charge in [-0.15, -0.1) is 0 Å². The number of carbonyl (C=O) groups is 3. The van der Waals surface area contributed by atoms with Gasteiger partial charge in [-0.1, -0.05) is 24.6 Å². The van der Waals surface area contributed by atoms with Crippen molar-refractivity contribution in [2.75, 3.05) is 19.7 Å². The van der Waals surface area contributed by atoms with Gasteiger partial charge < -0.3 is 20.1 Å². The first-order chi connectivity index (χ1) is 13.0. The van der Waals surface area contributed by atoms with Crippen LogP contribution in [0.25, 0.3) is 0 Å². The third kappa shape index (κ3) is 4.99. The number of carboxylic acid groups (broad SMARTS) is 1. The van der Waals surface area contributed by atoms with Crippen LogP contribution in [0, 0.1) is 11.8 Å². The van der Waals surface area contributed by atoms with Gasteiger partial charge in [-0.2, -0.15) is 0 Å². The fraction of sp³-hybridized carbons (Fsp3) is 0.550. The predicted molar refractivity (Wildman–Crippen MR) is 98.1 cm³/mol. The third-order valence-corrected chi connectivity index (χ3v) is 5.41. The summed E-state index contributed by atoms with van der Waals surface area (Å²) >= 11 is 0. The minimum absolute atomic E-state index is 0.0535. The number of carbonyl (C=O) groups excluding carboxylic acids is 2. The topological polar surface area (TPSA) is 95.9 Å². The van der Waals surface area contributed by atoms with Crippen LogP contribution in [0.5, 0.6) is 5.75 Å². The van der Waals surface area contributed by atoms with Crippen molar-refractivity contribution in [2.24, 2.45) is 11.8 Å². The van der Waals surface area contributed by atoms with Crippen LogP contribution in [-0.4, -0.2) is 53.5 Å². The van der Waals surface area contributed by atoms with E-state index < -0.39 is 11.9 Å². The highest BCUT2D eigenvalue weighted by molar-refractivity contribution is 5.83. The molecule has 7 heteroatoms. The number of nitrogens with one attached hydrogen (secondary N) is 1. The summed E-state index contributed by atoms with van der Waals surface area (Å²) < 4.78 is 5.51. The highest BCUT2D eigenvalue weighted by atomic mass is 16.5. The summed E-state index contributed by atoms with van der Waals surface area (Å²) in [6.07, 6.45) is 3.57. The molecule has 1 unspecified atom stereocenters. The van der Waals surface area contributed by atoms with Crippen LogP contribution >= 0.6 is 0 Å². The van der Waals surface area contributed by atoms with Crippen LogP contribution in [0.4, 0.5) is 0 Å². The summed E-state index contributed by atoms with van der Waals surface area (Å²) in [5, 5.41) is 12.2. The van der Waals surface area contributed by atoms with E-state index in [0.29, 0.717) is 38.1 Å². The monoisotopic (exact) mass is 374 g/mol. The van der Waals surface area contributed by atoms with Gasteiger partial charge in [-0.3, -0.25) is 14.4 Å². The highest BCUT2D eigenvalue weighted by Crippen LogP contribution is 2.27. The lowest BCUT2D eigenvalue weighted by molar-refractivity contribution is -0.142. The van der Waals surface area contributed by atoms with Crippen molar-refractivity contribution in [3.63, 3.8) is 0 Å². The highest BCUT2D eigenvalue weighted by Gasteiger charge is 2.36. The number of hydrogen-bond acceptors (Lipinski definition) is 4. The Balaban J connectivity index is 1.50. The second-order valence-electron chi connectivity index (χ2n) is 7.27. The van der Waals surface area contributed by atoms with Gasteiger partial charge >= 0.3 is 5.97 Å². The van der Waals surface area contributed by atoms with E-state index in [1.165, 1.54) is 0 Å². The van der Waals surface area contributed by atoms with Gasteiger partial charge in [-0.05, 0) is 37.8 Å². The van der Waals surface area contributed by atoms with E-state index >= 15 is 0 Å². The fourth-order valence-corrected chi connectivity index (χ4v) is 3.90. The molecule has 2 amide bonds. The molecule has 3 rings (SSSR count). The van der Waals surface area contributed by atoms with E-state index in [2.05, 4.69) is 5.32 Å². The molecule has 0 aromatic heterocycles. The molecule has 1 aliphatic carbocycles. The predicted octanol–water partition coefficient (Wildman–Crippen LogP) is 1.67. The summed E-state index contributed by atoms with van der Waals surface area (Å²) in [4.78, 5) is 38.0. The Labute approximate surface area is 158 Å². The van der Waals surface area contributed by atoms with Gasteiger partial charge in [-0.25, -0.2) is 0 Å². The molecule has 1 saturated carbocycles. The second-order valence-corrected chi connectivity index (χ2v) is 7.27. The molecule has 27 heavy (non-hydrogen) atoms. The Bertz CT molecular complexity index is 678. The summed E-state index contributed by atoms with van der Waals surface area (Å²) in [6, 6.07) is 8.84. The lowest BCUT2D eigenvalue weighted by atomic mass is 9.95. The molecule has 146 valence electrons. The number of aliphatic carboxylic acids is 1. The fourth-order valence-electron chi connectivity index (χ4n) is 3.90. The van der Waals surface area contributed by atoms with Gasteiger partial charge in [0.1, 0.15) is 5.75 Å². The number of likely N-dealkylation sites (tertiary alicyclic amines) is 1. The van der Waals surface area contributed by atoms with Gasteiger partial charge in [0.05, 0.1) is 11.8 Å². The largest absolute Gasteiger partial charge is 0.484 e. The lowest BCUT2D eigenvalue weighted by Crippen LogP contribution is -2.49. The first kappa shape index (κ1) is 19.2. The standard InChI is InChI=1S/C20H26N2O5/c23-18(13-27-15-7-2-1-3-8-15)22-11-5-6-14(12-22)19(24)21-17-10-4-9-16(17)20(25)26/h1-3,7-8,14,16-17H,4-6,9-13H2,(H,21,24)(H,25,26)/t14?,16-,17+/m1/s1. The molecule has 2 fully saturated rings. The average molecular weight is 374 g/mol. The SMILES string of the molecule is O=C(N[C@H]1CCC[C@H]1C(=O)O)C1CCCN(C(=O)COc2ccccc2)C1. The van der Waals surface area contributed by atoms with Crippen LogP contribution in [0.3, 0.4) is 0 Å². The summed E-state index contributed by atoms with van der Waals surface area (Å²) in [7, 11) is 0. The Morgan fingerprint density at radius 1 is 1.11 bits per heavy atom. The molecule has 1 heterocycles. The third-order valence-electron chi connectivity index (χ3n) is 5.41. The molecular weight excluding hydrogens is 348 g/mol. The molecule has 0 bridgehead atoms. The van der Waals surface area contributed by atoms with Gasteiger partial charge in [0, 0.05) is 19.1 Å². The quantitative estimate of drug-likeness (QED) is 0.790. The zero-order valence-electron chi connectivity index (χ0n) is 15.3. The van der Waals surface area contributed by atoms with E-state index in [4.69, 9.17) is 4.74 Å². The molecule has 3 atom stereocenters. The minimum Gasteiger partial charge on any atom is -0.484 e. The Morgan fingerprint density at radius 3 is 2.63 bits per heavy atom. The first-order valence-electron chi connectivity index (χ1n) is 9.53.